The Hall–Kier alpha value is -0.570. The Balaban J connectivity index is 1.95. The van der Waals surface area contributed by atoms with Gasteiger partial charge in [-0.2, -0.15) is 0 Å². The Labute approximate surface area is 92.0 Å². The van der Waals surface area contributed by atoms with E-state index in [1.165, 1.54) is 25.7 Å². The van der Waals surface area contributed by atoms with Gasteiger partial charge in [0.2, 0.25) is 5.91 Å². The third-order valence-electron chi connectivity index (χ3n) is 3.85. The van der Waals surface area contributed by atoms with Crippen LogP contribution in [-0.2, 0) is 4.79 Å². The lowest BCUT2D eigenvalue weighted by Crippen LogP contribution is -2.43. The molecule has 0 aromatic carbocycles. The summed E-state index contributed by atoms with van der Waals surface area (Å²) < 4.78 is 0. The van der Waals surface area contributed by atoms with E-state index in [0.29, 0.717) is 30.3 Å². The van der Waals surface area contributed by atoms with Gasteiger partial charge < -0.3 is 10.6 Å². The van der Waals surface area contributed by atoms with Crippen molar-refractivity contribution >= 4 is 5.91 Å². The molecule has 86 valence electrons. The largest absolute Gasteiger partial charge is 0.338 e. The normalized spacial score (nSPS) is 30.5. The van der Waals surface area contributed by atoms with Crippen molar-refractivity contribution in [2.75, 3.05) is 13.1 Å². The van der Waals surface area contributed by atoms with Crippen LogP contribution in [0.4, 0.5) is 0 Å². The van der Waals surface area contributed by atoms with Gasteiger partial charge in [-0.3, -0.25) is 4.79 Å². The minimum Gasteiger partial charge on any atom is -0.338 e. The van der Waals surface area contributed by atoms with E-state index >= 15 is 0 Å². The van der Waals surface area contributed by atoms with Gasteiger partial charge in [-0.1, -0.05) is 19.8 Å². The zero-order valence-electron chi connectivity index (χ0n) is 9.61. The fraction of sp³-hybridized carbons (Fsp3) is 0.917. The first kappa shape index (κ1) is 10.9. The fourth-order valence-corrected chi connectivity index (χ4v) is 2.71. The maximum Gasteiger partial charge on any atom is 0.226 e. The van der Waals surface area contributed by atoms with Crippen molar-refractivity contribution in [1.82, 2.24) is 4.90 Å². The molecule has 2 rings (SSSR count). The van der Waals surface area contributed by atoms with E-state index in [1.54, 1.807) is 0 Å². The molecule has 2 atom stereocenters. The van der Waals surface area contributed by atoms with Gasteiger partial charge in [0.15, 0.2) is 0 Å². The molecular formula is C12H22N2O. The van der Waals surface area contributed by atoms with Crippen LogP contribution in [0, 0.1) is 11.8 Å². The highest BCUT2D eigenvalue weighted by atomic mass is 16.2. The summed E-state index contributed by atoms with van der Waals surface area (Å²) in [5.41, 5.74) is 5.60. The van der Waals surface area contributed by atoms with Crippen LogP contribution in [0.15, 0.2) is 0 Å². The summed E-state index contributed by atoms with van der Waals surface area (Å²) in [5.74, 6) is 1.30. The average molecular weight is 210 g/mol. The lowest BCUT2D eigenvalue weighted by molar-refractivity contribution is -0.135. The van der Waals surface area contributed by atoms with Crippen LogP contribution in [0.5, 0.6) is 0 Å². The van der Waals surface area contributed by atoms with E-state index in [-0.39, 0.29) is 0 Å². The van der Waals surface area contributed by atoms with Crippen LogP contribution >= 0.6 is 0 Å². The summed E-state index contributed by atoms with van der Waals surface area (Å²) in [6.07, 6.45) is 6.02. The van der Waals surface area contributed by atoms with Crippen LogP contribution in [0.3, 0.4) is 0 Å². The number of rotatable bonds is 4. The van der Waals surface area contributed by atoms with Crippen molar-refractivity contribution in [1.29, 1.82) is 0 Å². The quantitative estimate of drug-likeness (QED) is 0.762. The number of nitrogens with two attached hydrogens (primary N) is 1. The first-order chi connectivity index (χ1) is 7.24. The summed E-state index contributed by atoms with van der Waals surface area (Å²) in [6.45, 7) is 3.52. The van der Waals surface area contributed by atoms with Gasteiger partial charge >= 0.3 is 0 Å². The maximum atomic E-state index is 12.2. The fourth-order valence-electron chi connectivity index (χ4n) is 2.71. The monoisotopic (exact) mass is 210 g/mol. The molecule has 0 aliphatic heterocycles. The van der Waals surface area contributed by atoms with Gasteiger partial charge in [0, 0.05) is 25.0 Å². The number of amides is 1. The zero-order valence-corrected chi connectivity index (χ0v) is 9.61. The number of nitrogens with zero attached hydrogens (tertiary/aromatic N) is 1. The Morgan fingerprint density at radius 2 is 2.00 bits per heavy atom. The van der Waals surface area contributed by atoms with Crippen molar-refractivity contribution in [2.24, 2.45) is 17.6 Å². The lowest BCUT2D eigenvalue weighted by atomic mass is 10.1. The third kappa shape index (κ3) is 2.33. The second kappa shape index (κ2) is 4.52. The standard InChI is InChI=1S/C12H22N2O/c1-9-8-11(9)12(15)14(7-6-13)10-4-2-3-5-10/h9-11H,2-8,13H2,1H3. The molecule has 2 saturated carbocycles. The van der Waals surface area contributed by atoms with Crippen molar-refractivity contribution in [3.63, 3.8) is 0 Å². The molecular weight excluding hydrogens is 188 g/mol. The van der Waals surface area contributed by atoms with Crippen molar-refractivity contribution < 1.29 is 4.79 Å². The van der Waals surface area contributed by atoms with Crippen molar-refractivity contribution in [3.05, 3.63) is 0 Å². The van der Waals surface area contributed by atoms with Crippen molar-refractivity contribution in [3.8, 4) is 0 Å². The second-order valence-electron chi connectivity index (χ2n) is 5.08. The highest BCUT2D eigenvalue weighted by molar-refractivity contribution is 5.82. The van der Waals surface area contributed by atoms with E-state index < -0.39 is 0 Å². The SMILES string of the molecule is CC1CC1C(=O)N(CCN)C1CCCC1. The highest BCUT2D eigenvalue weighted by Crippen LogP contribution is 2.40. The molecule has 2 fully saturated rings. The molecule has 2 N–H and O–H groups in total. The van der Waals surface area contributed by atoms with Gasteiger partial charge in [-0.15, -0.1) is 0 Å². The molecule has 0 aromatic heterocycles. The molecule has 0 spiro atoms. The Bertz CT molecular complexity index is 236. The van der Waals surface area contributed by atoms with Gasteiger partial charge in [-0.05, 0) is 25.2 Å². The van der Waals surface area contributed by atoms with Gasteiger partial charge in [0.05, 0.1) is 0 Å². The third-order valence-corrected chi connectivity index (χ3v) is 3.85. The Kier molecular flexibility index (Phi) is 3.29. The van der Waals surface area contributed by atoms with E-state index in [9.17, 15) is 4.79 Å². The molecule has 2 aliphatic rings. The van der Waals surface area contributed by atoms with E-state index in [1.807, 2.05) is 0 Å². The number of hydrogen-bond acceptors (Lipinski definition) is 2. The highest BCUT2D eigenvalue weighted by Gasteiger charge is 2.43. The van der Waals surface area contributed by atoms with Crippen LogP contribution < -0.4 is 5.73 Å². The molecule has 0 bridgehead atoms. The van der Waals surface area contributed by atoms with Crippen LogP contribution in [0.25, 0.3) is 0 Å². The number of carbonyl (C=O) groups is 1. The molecule has 1 amide bonds. The second-order valence-corrected chi connectivity index (χ2v) is 5.08. The summed E-state index contributed by atoms with van der Waals surface area (Å²) in [4.78, 5) is 14.2. The summed E-state index contributed by atoms with van der Waals surface area (Å²) in [7, 11) is 0. The average Bonchev–Trinajstić information content (AvgIpc) is 2.76. The molecule has 2 aliphatic carbocycles. The first-order valence-corrected chi connectivity index (χ1v) is 6.24. The summed E-state index contributed by atoms with van der Waals surface area (Å²) in [6, 6.07) is 0.494. The predicted octanol–water partition coefficient (Wildman–Crippen LogP) is 1.37. The van der Waals surface area contributed by atoms with Gasteiger partial charge in [0.25, 0.3) is 0 Å². The lowest BCUT2D eigenvalue weighted by Gasteiger charge is -2.28. The Morgan fingerprint density at radius 1 is 1.40 bits per heavy atom. The molecule has 0 heterocycles. The summed E-state index contributed by atoms with van der Waals surface area (Å²) in [5, 5.41) is 0. The predicted molar refractivity (Wildman–Crippen MR) is 60.3 cm³/mol. The molecule has 3 heteroatoms. The van der Waals surface area contributed by atoms with E-state index in [2.05, 4.69) is 11.8 Å². The molecule has 0 aromatic rings. The maximum absolute atomic E-state index is 12.2. The van der Waals surface area contributed by atoms with E-state index in [0.717, 1.165) is 13.0 Å². The molecule has 0 radical (unpaired) electrons. The molecule has 3 nitrogen and oxygen atoms in total. The molecule has 15 heavy (non-hydrogen) atoms. The topological polar surface area (TPSA) is 46.3 Å². The molecule has 2 unspecified atom stereocenters. The molecule has 0 saturated heterocycles. The minimum atomic E-state index is 0.317. The van der Waals surface area contributed by atoms with Crippen LogP contribution in [-0.4, -0.2) is 29.9 Å². The number of carbonyl (C=O) groups excluding carboxylic acids is 1. The van der Waals surface area contributed by atoms with E-state index in [4.69, 9.17) is 5.73 Å². The van der Waals surface area contributed by atoms with Crippen LogP contribution in [0.1, 0.15) is 39.0 Å². The Morgan fingerprint density at radius 3 is 2.47 bits per heavy atom. The summed E-state index contributed by atoms with van der Waals surface area (Å²) >= 11 is 0. The minimum absolute atomic E-state index is 0.317. The van der Waals surface area contributed by atoms with Gasteiger partial charge in [0.1, 0.15) is 0 Å². The first-order valence-electron chi connectivity index (χ1n) is 6.24. The smallest absolute Gasteiger partial charge is 0.226 e. The van der Waals surface area contributed by atoms with Crippen molar-refractivity contribution in [2.45, 2.75) is 45.1 Å². The van der Waals surface area contributed by atoms with Gasteiger partial charge in [-0.25, -0.2) is 0 Å². The zero-order chi connectivity index (χ0) is 10.8. The van der Waals surface area contributed by atoms with Crippen LogP contribution in [0.2, 0.25) is 0 Å². The number of hydrogen-bond donors (Lipinski definition) is 1.